The molecule has 5 nitrogen and oxygen atoms in total. The molecular formula is C11H17ClN4O. The van der Waals surface area contributed by atoms with E-state index in [-0.39, 0.29) is 10.6 Å². The van der Waals surface area contributed by atoms with Crippen molar-refractivity contribution in [2.24, 2.45) is 0 Å². The van der Waals surface area contributed by atoms with Crippen molar-refractivity contribution in [3.63, 3.8) is 0 Å². The van der Waals surface area contributed by atoms with Crippen LogP contribution in [0.1, 0.15) is 19.8 Å². The third kappa shape index (κ3) is 2.79. The van der Waals surface area contributed by atoms with Gasteiger partial charge in [0.15, 0.2) is 5.82 Å². The van der Waals surface area contributed by atoms with Gasteiger partial charge in [-0.2, -0.15) is 0 Å². The lowest BCUT2D eigenvalue weighted by Crippen LogP contribution is -2.38. The largest absolute Gasteiger partial charge is 0.354 e. The van der Waals surface area contributed by atoms with Gasteiger partial charge in [0.05, 0.1) is 6.33 Å². The van der Waals surface area contributed by atoms with Crippen LogP contribution in [0.3, 0.4) is 0 Å². The van der Waals surface area contributed by atoms with Crippen LogP contribution < -0.4 is 15.8 Å². The molecule has 0 radical (unpaired) electrons. The molecule has 0 saturated carbocycles. The summed E-state index contributed by atoms with van der Waals surface area (Å²) in [6, 6.07) is 0.465. The van der Waals surface area contributed by atoms with E-state index < -0.39 is 0 Å². The van der Waals surface area contributed by atoms with Gasteiger partial charge in [-0.05, 0) is 26.3 Å². The molecule has 1 aliphatic heterocycles. The Labute approximate surface area is 105 Å². The predicted octanol–water partition coefficient (Wildman–Crippen LogP) is 1.00. The molecule has 1 unspecified atom stereocenters. The van der Waals surface area contributed by atoms with E-state index in [0.717, 1.165) is 26.1 Å². The standard InChI is InChI=1S/C11H17ClN4O/c1-2-16(6-8-4-3-5-13-8)10-9(12)11(17)15-7-14-10/h7-8,13H,2-6H2,1H3,(H,14,15,17). The minimum atomic E-state index is -0.283. The molecule has 1 aromatic rings. The van der Waals surface area contributed by atoms with Crippen molar-refractivity contribution in [3.05, 3.63) is 21.7 Å². The molecule has 1 saturated heterocycles. The SMILES string of the molecule is CCN(CC1CCCN1)c1nc[nH]c(=O)c1Cl. The van der Waals surface area contributed by atoms with Gasteiger partial charge in [-0.25, -0.2) is 4.98 Å². The van der Waals surface area contributed by atoms with Gasteiger partial charge in [0, 0.05) is 19.1 Å². The zero-order chi connectivity index (χ0) is 12.3. The van der Waals surface area contributed by atoms with E-state index in [2.05, 4.69) is 15.3 Å². The molecule has 2 N–H and O–H groups in total. The zero-order valence-corrected chi connectivity index (χ0v) is 10.6. The van der Waals surface area contributed by atoms with Crippen LogP contribution >= 0.6 is 11.6 Å². The second-order valence-electron chi connectivity index (χ2n) is 4.20. The van der Waals surface area contributed by atoms with Crippen molar-refractivity contribution in [2.45, 2.75) is 25.8 Å². The fourth-order valence-corrected chi connectivity index (χ4v) is 2.36. The van der Waals surface area contributed by atoms with E-state index in [4.69, 9.17) is 11.6 Å². The molecule has 0 amide bonds. The van der Waals surface area contributed by atoms with Crippen LogP contribution in [0.25, 0.3) is 0 Å². The number of hydrogen-bond acceptors (Lipinski definition) is 4. The molecule has 0 bridgehead atoms. The van der Waals surface area contributed by atoms with Crippen molar-refractivity contribution in [3.8, 4) is 0 Å². The average molecular weight is 257 g/mol. The number of aromatic amines is 1. The Hall–Kier alpha value is -1.07. The summed E-state index contributed by atoms with van der Waals surface area (Å²) in [6.45, 7) is 4.73. The number of H-pyrrole nitrogens is 1. The highest BCUT2D eigenvalue weighted by Gasteiger charge is 2.20. The summed E-state index contributed by atoms with van der Waals surface area (Å²) >= 11 is 5.98. The minimum Gasteiger partial charge on any atom is -0.354 e. The number of anilines is 1. The van der Waals surface area contributed by atoms with Gasteiger partial charge in [-0.1, -0.05) is 11.6 Å². The first-order chi connectivity index (χ1) is 8.22. The van der Waals surface area contributed by atoms with E-state index in [1.165, 1.54) is 12.7 Å². The highest BCUT2D eigenvalue weighted by atomic mass is 35.5. The van der Waals surface area contributed by atoms with Gasteiger partial charge in [0.2, 0.25) is 0 Å². The number of nitrogens with one attached hydrogen (secondary N) is 2. The first-order valence-electron chi connectivity index (χ1n) is 5.94. The molecule has 0 spiro atoms. The quantitative estimate of drug-likeness (QED) is 0.844. The summed E-state index contributed by atoms with van der Waals surface area (Å²) < 4.78 is 0. The normalized spacial score (nSPS) is 19.5. The molecule has 2 heterocycles. The Kier molecular flexibility index (Phi) is 4.02. The van der Waals surface area contributed by atoms with E-state index in [9.17, 15) is 4.79 Å². The monoisotopic (exact) mass is 256 g/mol. The molecule has 0 aliphatic carbocycles. The van der Waals surface area contributed by atoms with Gasteiger partial charge >= 0.3 is 0 Å². The van der Waals surface area contributed by atoms with Gasteiger partial charge in [0.1, 0.15) is 5.02 Å². The first-order valence-corrected chi connectivity index (χ1v) is 6.31. The number of nitrogens with zero attached hydrogens (tertiary/aromatic N) is 2. The summed E-state index contributed by atoms with van der Waals surface area (Å²) in [7, 11) is 0. The van der Waals surface area contributed by atoms with Crippen LogP contribution in [0.2, 0.25) is 5.02 Å². The summed E-state index contributed by atoms with van der Waals surface area (Å²) in [5, 5.41) is 3.60. The number of halogens is 1. The highest BCUT2D eigenvalue weighted by molar-refractivity contribution is 6.32. The number of likely N-dealkylation sites (N-methyl/N-ethyl adjacent to an activating group) is 1. The predicted molar refractivity (Wildman–Crippen MR) is 68.8 cm³/mol. The van der Waals surface area contributed by atoms with Crippen LogP contribution in [0.5, 0.6) is 0 Å². The Morgan fingerprint density at radius 3 is 3.12 bits per heavy atom. The number of hydrogen-bond donors (Lipinski definition) is 2. The van der Waals surface area contributed by atoms with Crippen molar-refractivity contribution in [1.29, 1.82) is 0 Å². The van der Waals surface area contributed by atoms with Crippen LogP contribution in [-0.4, -0.2) is 35.6 Å². The summed E-state index contributed by atoms with van der Waals surface area (Å²) in [5.41, 5.74) is -0.283. The maximum absolute atomic E-state index is 11.4. The average Bonchev–Trinajstić information content (AvgIpc) is 2.83. The molecular weight excluding hydrogens is 240 g/mol. The molecule has 6 heteroatoms. The van der Waals surface area contributed by atoms with Gasteiger partial charge in [0.25, 0.3) is 5.56 Å². The molecule has 0 aromatic carbocycles. The third-order valence-corrected chi connectivity index (χ3v) is 3.40. The van der Waals surface area contributed by atoms with Crippen molar-refractivity contribution < 1.29 is 0 Å². The lowest BCUT2D eigenvalue weighted by atomic mass is 10.2. The first kappa shape index (κ1) is 12.4. The summed E-state index contributed by atoms with van der Waals surface area (Å²) in [4.78, 5) is 20.1. The fourth-order valence-electron chi connectivity index (χ4n) is 2.14. The molecule has 1 fully saturated rings. The molecule has 1 atom stereocenters. The maximum Gasteiger partial charge on any atom is 0.271 e. The van der Waals surface area contributed by atoms with Crippen molar-refractivity contribution in [2.75, 3.05) is 24.5 Å². The molecule has 94 valence electrons. The zero-order valence-electron chi connectivity index (χ0n) is 9.87. The Morgan fingerprint density at radius 2 is 2.47 bits per heavy atom. The molecule has 17 heavy (non-hydrogen) atoms. The second kappa shape index (κ2) is 5.51. The topological polar surface area (TPSA) is 61.0 Å². The van der Waals surface area contributed by atoms with Crippen LogP contribution in [-0.2, 0) is 0 Å². The molecule has 1 aromatic heterocycles. The summed E-state index contributed by atoms with van der Waals surface area (Å²) in [5.74, 6) is 0.576. The van der Waals surface area contributed by atoms with Gasteiger partial charge in [-0.15, -0.1) is 0 Å². The van der Waals surface area contributed by atoms with Crippen molar-refractivity contribution >= 4 is 17.4 Å². The maximum atomic E-state index is 11.4. The fraction of sp³-hybridized carbons (Fsp3) is 0.636. The lowest BCUT2D eigenvalue weighted by molar-refractivity contribution is 0.583. The van der Waals surface area contributed by atoms with Crippen molar-refractivity contribution in [1.82, 2.24) is 15.3 Å². The molecule has 1 aliphatic rings. The van der Waals surface area contributed by atoms with Crippen LogP contribution in [0, 0.1) is 0 Å². The van der Waals surface area contributed by atoms with Gasteiger partial charge < -0.3 is 15.2 Å². The van der Waals surface area contributed by atoms with Crippen LogP contribution in [0.4, 0.5) is 5.82 Å². The Bertz CT molecular complexity index is 428. The van der Waals surface area contributed by atoms with Gasteiger partial charge in [-0.3, -0.25) is 4.79 Å². The van der Waals surface area contributed by atoms with E-state index in [0.29, 0.717) is 11.9 Å². The van der Waals surface area contributed by atoms with E-state index >= 15 is 0 Å². The highest BCUT2D eigenvalue weighted by Crippen LogP contribution is 2.19. The summed E-state index contributed by atoms with van der Waals surface area (Å²) in [6.07, 6.45) is 3.77. The number of rotatable bonds is 4. The Balaban J connectivity index is 2.16. The number of aromatic nitrogens is 2. The Morgan fingerprint density at radius 1 is 1.65 bits per heavy atom. The second-order valence-corrected chi connectivity index (χ2v) is 4.58. The smallest absolute Gasteiger partial charge is 0.271 e. The third-order valence-electron chi connectivity index (χ3n) is 3.06. The van der Waals surface area contributed by atoms with Crippen LogP contribution in [0.15, 0.2) is 11.1 Å². The molecule has 2 rings (SSSR count). The minimum absolute atomic E-state index is 0.173. The lowest BCUT2D eigenvalue weighted by Gasteiger charge is -2.25. The van der Waals surface area contributed by atoms with E-state index in [1.54, 1.807) is 0 Å². The van der Waals surface area contributed by atoms with E-state index in [1.807, 2.05) is 11.8 Å².